The Morgan fingerprint density at radius 2 is 2.43 bits per heavy atom. The summed E-state index contributed by atoms with van der Waals surface area (Å²) in [7, 11) is 0. The molecule has 1 heteroatoms. The Bertz CT molecular complexity index is 122. The van der Waals surface area contributed by atoms with Crippen molar-refractivity contribution in [1.82, 2.24) is 0 Å². The average molecular weight is 96.1 g/mol. The number of hydrogen-bond acceptors (Lipinski definition) is 1. The minimum Gasteiger partial charge on any atom is -0.385 e. The van der Waals surface area contributed by atoms with Gasteiger partial charge in [0.25, 0.3) is 0 Å². The van der Waals surface area contributed by atoms with Gasteiger partial charge in [0.1, 0.15) is 0 Å². The van der Waals surface area contributed by atoms with Crippen LogP contribution in [0.25, 0.3) is 0 Å². The number of aliphatic hydroxyl groups is 1. The Hall–Kier alpha value is -0.560. The molecule has 0 bridgehead atoms. The summed E-state index contributed by atoms with van der Waals surface area (Å²) < 4.78 is 0. The number of allylic oxidation sites excluding steroid dienone is 2. The van der Waals surface area contributed by atoms with Crippen molar-refractivity contribution >= 4 is 0 Å². The molecule has 0 saturated carbocycles. The highest BCUT2D eigenvalue weighted by Crippen LogP contribution is 2.08. The van der Waals surface area contributed by atoms with Crippen LogP contribution in [-0.2, 0) is 0 Å². The highest BCUT2D eigenvalue weighted by atomic mass is 16.3. The smallest absolute Gasteiger partial charge is 0.0935 e. The van der Waals surface area contributed by atoms with Crippen LogP contribution in [0.3, 0.4) is 0 Å². The van der Waals surface area contributed by atoms with Crippen molar-refractivity contribution < 1.29 is 5.11 Å². The second kappa shape index (κ2) is 1.51. The molecule has 1 N–H and O–H groups in total. The van der Waals surface area contributed by atoms with Crippen LogP contribution in [0.5, 0.6) is 0 Å². The van der Waals surface area contributed by atoms with Gasteiger partial charge in [-0.1, -0.05) is 18.2 Å². The van der Waals surface area contributed by atoms with Crippen LogP contribution in [0, 0.1) is 0 Å². The molecule has 1 nitrogen and oxygen atoms in total. The molecule has 1 aliphatic carbocycles. The maximum absolute atomic E-state index is 8.84. The summed E-state index contributed by atoms with van der Waals surface area (Å²) in [6.07, 6.45) is 5.22. The first-order valence-corrected chi connectivity index (χ1v) is 2.34. The lowest BCUT2D eigenvalue weighted by Crippen LogP contribution is -1.98. The monoisotopic (exact) mass is 96.1 g/mol. The molecular weight excluding hydrogens is 88.1 g/mol. The molecular formula is C6H8O. The first kappa shape index (κ1) is 4.60. The Kier molecular flexibility index (Phi) is 0.988. The Morgan fingerprint density at radius 3 is 2.57 bits per heavy atom. The fraction of sp³-hybridized carbons (Fsp3) is 0.333. The topological polar surface area (TPSA) is 20.2 Å². The van der Waals surface area contributed by atoms with Crippen molar-refractivity contribution in [1.29, 1.82) is 0 Å². The molecule has 0 aromatic heterocycles. The molecule has 0 spiro atoms. The third kappa shape index (κ3) is 0.722. The third-order valence-electron chi connectivity index (χ3n) is 1.12. The van der Waals surface area contributed by atoms with E-state index in [1.807, 2.05) is 19.1 Å². The normalized spacial score (nSPS) is 28.3. The van der Waals surface area contributed by atoms with Crippen LogP contribution >= 0.6 is 0 Å². The molecule has 1 aliphatic rings. The third-order valence-corrected chi connectivity index (χ3v) is 1.12. The van der Waals surface area contributed by atoms with E-state index in [1.165, 1.54) is 0 Å². The summed E-state index contributed by atoms with van der Waals surface area (Å²) in [5.41, 5.74) is 1.03. The van der Waals surface area contributed by atoms with E-state index < -0.39 is 0 Å². The van der Waals surface area contributed by atoms with Gasteiger partial charge in [0.15, 0.2) is 0 Å². The van der Waals surface area contributed by atoms with Crippen molar-refractivity contribution in [2.45, 2.75) is 13.0 Å². The number of rotatable bonds is 0. The van der Waals surface area contributed by atoms with Gasteiger partial charge in [-0.25, -0.2) is 0 Å². The molecule has 0 aromatic rings. The van der Waals surface area contributed by atoms with E-state index in [2.05, 4.69) is 0 Å². The average Bonchev–Trinajstić information content (AvgIpc) is 1.91. The van der Waals surface area contributed by atoms with Gasteiger partial charge in [-0.2, -0.15) is 0 Å². The van der Waals surface area contributed by atoms with Gasteiger partial charge in [0.2, 0.25) is 0 Å². The van der Waals surface area contributed by atoms with Gasteiger partial charge < -0.3 is 5.11 Å². The van der Waals surface area contributed by atoms with Crippen molar-refractivity contribution in [3.63, 3.8) is 0 Å². The molecule has 0 amide bonds. The van der Waals surface area contributed by atoms with E-state index in [-0.39, 0.29) is 6.10 Å². The molecule has 0 heterocycles. The molecule has 0 fully saturated rings. The standard InChI is InChI=1S/C6H8O/c1-5-3-2-4-6(5)7/h2-4,6-7H,1H3. The maximum atomic E-state index is 8.84. The fourth-order valence-corrected chi connectivity index (χ4v) is 0.563. The first-order chi connectivity index (χ1) is 3.30. The van der Waals surface area contributed by atoms with Crippen LogP contribution in [0.2, 0.25) is 0 Å². The van der Waals surface area contributed by atoms with Gasteiger partial charge in [-0.3, -0.25) is 0 Å². The predicted octanol–water partition coefficient (Wildman–Crippen LogP) is 0.863. The Labute approximate surface area is 43.0 Å². The zero-order chi connectivity index (χ0) is 5.28. The first-order valence-electron chi connectivity index (χ1n) is 2.34. The number of aliphatic hydroxyl groups excluding tert-OH is 1. The summed E-state index contributed by atoms with van der Waals surface area (Å²) in [5.74, 6) is 0. The van der Waals surface area contributed by atoms with Crippen LogP contribution in [-0.4, -0.2) is 11.2 Å². The van der Waals surface area contributed by atoms with Gasteiger partial charge in [0.05, 0.1) is 6.10 Å². The molecule has 38 valence electrons. The highest BCUT2D eigenvalue weighted by molar-refractivity contribution is 5.26. The number of hydrogen-bond donors (Lipinski definition) is 1. The van der Waals surface area contributed by atoms with Crippen molar-refractivity contribution in [2.75, 3.05) is 0 Å². The Morgan fingerprint density at radius 1 is 1.71 bits per heavy atom. The van der Waals surface area contributed by atoms with Gasteiger partial charge in [-0.15, -0.1) is 0 Å². The van der Waals surface area contributed by atoms with E-state index in [9.17, 15) is 0 Å². The summed E-state index contributed by atoms with van der Waals surface area (Å²) in [6, 6.07) is 0. The second-order valence-corrected chi connectivity index (χ2v) is 1.74. The molecule has 0 saturated heterocycles. The molecule has 1 rings (SSSR count). The van der Waals surface area contributed by atoms with Crippen molar-refractivity contribution in [3.8, 4) is 0 Å². The van der Waals surface area contributed by atoms with Crippen LogP contribution in [0.15, 0.2) is 23.8 Å². The van der Waals surface area contributed by atoms with E-state index in [4.69, 9.17) is 5.11 Å². The molecule has 7 heavy (non-hydrogen) atoms. The molecule has 1 atom stereocenters. The minimum absolute atomic E-state index is 0.306. The summed E-state index contributed by atoms with van der Waals surface area (Å²) in [6.45, 7) is 1.91. The highest BCUT2D eigenvalue weighted by Gasteiger charge is 2.02. The summed E-state index contributed by atoms with van der Waals surface area (Å²) in [5, 5.41) is 8.84. The van der Waals surface area contributed by atoms with Crippen molar-refractivity contribution in [3.05, 3.63) is 23.8 Å². The zero-order valence-electron chi connectivity index (χ0n) is 4.26. The zero-order valence-corrected chi connectivity index (χ0v) is 4.26. The maximum Gasteiger partial charge on any atom is 0.0935 e. The lowest BCUT2D eigenvalue weighted by atomic mass is 10.2. The van der Waals surface area contributed by atoms with Crippen LogP contribution in [0.1, 0.15) is 6.92 Å². The van der Waals surface area contributed by atoms with E-state index in [0.29, 0.717) is 0 Å². The minimum atomic E-state index is -0.306. The second-order valence-electron chi connectivity index (χ2n) is 1.74. The molecule has 0 aliphatic heterocycles. The molecule has 0 aromatic carbocycles. The van der Waals surface area contributed by atoms with Crippen LogP contribution < -0.4 is 0 Å². The van der Waals surface area contributed by atoms with Gasteiger partial charge in [0, 0.05) is 0 Å². The van der Waals surface area contributed by atoms with Gasteiger partial charge in [-0.05, 0) is 12.5 Å². The van der Waals surface area contributed by atoms with Crippen LogP contribution in [0.4, 0.5) is 0 Å². The summed E-state index contributed by atoms with van der Waals surface area (Å²) in [4.78, 5) is 0. The van der Waals surface area contributed by atoms with Crippen molar-refractivity contribution in [2.24, 2.45) is 0 Å². The quantitative estimate of drug-likeness (QED) is 0.474. The molecule has 0 radical (unpaired) electrons. The predicted molar refractivity (Wildman–Crippen MR) is 28.9 cm³/mol. The van der Waals surface area contributed by atoms with E-state index in [1.54, 1.807) is 6.08 Å². The van der Waals surface area contributed by atoms with E-state index >= 15 is 0 Å². The molecule has 1 unspecified atom stereocenters. The summed E-state index contributed by atoms with van der Waals surface area (Å²) >= 11 is 0. The fourth-order valence-electron chi connectivity index (χ4n) is 0.563. The Balaban J connectivity index is 2.69. The van der Waals surface area contributed by atoms with E-state index in [0.717, 1.165) is 5.57 Å². The largest absolute Gasteiger partial charge is 0.385 e. The van der Waals surface area contributed by atoms with Gasteiger partial charge >= 0.3 is 0 Å². The lowest BCUT2D eigenvalue weighted by Gasteiger charge is -1.95. The SMILES string of the molecule is CC1=CC=CC1O. The lowest BCUT2D eigenvalue weighted by molar-refractivity contribution is 0.262.